The van der Waals surface area contributed by atoms with Crippen LogP contribution in [-0.4, -0.2) is 59.3 Å². The number of aromatic amines is 2. The Morgan fingerprint density at radius 1 is 0.953 bits per heavy atom. The van der Waals surface area contributed by atoms with Crippen molar-refractivity contribution in [3.8, 4) is 0 Å². The second-order valence-corrected chi connectivity index (χ2v) is 11.9. The van der Waals surface area contributed by atoms with Crippen molar-refractivity contribution in [3.63, 3.8) is 0 Å². The number of allylic oxidation sites excluding steroid dienone is 2. The highest BCUT2D eigenvalue weighted by Crippen LogP contribution is 2.34. The van der Waals surface area contributed by atoms with Gasteiger partial charge in [-0.2, -0.15) is 0 Å². The van der Waals surface area contributed by atoms with Gasteiger partial charge in [-0.25, -0.2) is 4.79 Å². The molecule has 2 aromatic heterocycles. The van der Waals surface area contributed by atoms with Crippen LogP contribution >= 0.6 is 11.6 Å². The van der Waals surface area contributed by atoms with E-state index >= 15 is 0 Å². The number of aliphatic imine (C=N–C) groups is 1. The summed E-state index contributed by atoms with van der Waals surface area (Å²) in [5.41, 5.74) is 6.51. The molecule has 0 aliphatic carbocycles. The highest BCUT2D eigenvalue weighted by molar-refractivity contribution is 6.18. The normalized spacial score (nSPS) is 15.7. The molecular weight excluding hydrogens is 570 g/mol. The number of rotatable bonds is 12. The van der Waals surface area contributed by atoms with Crippen LogP contribution in [0.2, 0.25) is 0 Å². The Morgan fingerprint density at radius 3 is 2.19 bits per heavy atom. The predicted octanol–water partition coefficient (Wildman–Crippen LogP) is 6.42. The monoisotopic (exact) mass is 616 g/mol. The lowest BCUT2D eigenvalue weighted by molar-refractivity contribution is -0.141. The molecule has 0 saturated heterocycles. The molecule has 2 N–H and O–H groups in total. The van der Waals surface area contributed by atoms with E-state index in [4.69, 9.17) is 34.9 Å². The van der Waals surface area contributed by atoms with Gasteiger partial charge in [-0.15, -0.1) is 11.6 Å². The summed E-state index contributed by atoms with van der Waals surface area (Å²) >= 11 is 6.03. The van der Waals surface area contributed by atoms with Crippen LogP contribution in [0.1, 0.15) is 101 Å². The molecule has 9 nitrogen and oxygen atoms in total. The first-order valence-corrected chi connectivity index (χ1v) is 14.8. The fraction of sp³-hybridized carbons (Fsp3) is 0.515. The topological polar surface area (TPSA) is 123 Å². The maximum Gasteiger partial charge on any atom is 0.355 e. The molecule has 3 heterocycles. The van der Waals surface area contributed by atoms with Gasteiger partial charge in [0.25, 0.3) is 0 Å². The molecule has 0 fully saturated rings. The highest BCUT2D eigenvalue weighted by atomic mass is 35.5. The number of alkyl halides is 1. The van der Waals surface area contributed by atoms with Crippen LogP contribution in [0, 0.1) is 20.7 Å². The Hall–Kier alpha value is -3.59. The van der Waals surface area contributed by atoms with Gasteiger partial charge in [0.1, 0.15) is 11.3 Å². The van der Waals surface area contributed by atoms with Gasteiger partial charge in [0.2, 0.25) is 0 Å². The van der Waals surface area contributed by atoms with E-state index in [1.54, 1.807) is 20.8 Å². The first-order valence-electron chi connectivity index (χ1n) is 15.8. The number of carbonyl (C=O) groups is 3. The number of methoxy groups -OCH3 is 2. The summed E-state index contributed by atoms with van der Waals surface area (Å²) < 4.78 is 40.2. The van der Waals surface area contributed by atoms with Crippen molar-refractivity contribution < 1.29 is 32.7 Å². The number of hydrogen-bond acceptors (Lipinski definition) is 7. The standard InChI is InChI=1S/C33H44ClN3O6/c1-18-22(14-15-34)21(4)35-25(18)16-26-19(2)23(10-12-29(38)41-8)27(36-26)17-28-24(11-13-30(39)42-9)20(3)31(37-28)32(40)43-33(5,6)7/h16,35,37H,10-15,17H2,1-9H3/b26-16-/i3D3. The van der Waals surface area contributed by atoms with E-state index in [2.05, 4.69) is 9.97 Å². The number of carbonyl (C=O) groups excluding carboxylic acids is 3. The van der Waals surface area contributed by atoms with Gasteiger partial charge in [-0.1, -0.05) is 0 Å². The van der Waals surface area contributed by atoms with Crippen LogP contribution in [0.4, 0.5) is 0 Å². The maximum absolute atomic E-state index is 13.3. The van der Waals surface area contributed by atoms with E-state index in [0.717, 1.165) is 40.1 Å². The third-order valence-electron chi connectivity index (χ3n) is 7.45. The molecule has 1 aliphatic rings. The first-order chi connectivity index (χ1) is 21.4. The molecule has 0 aromatic carbocycles. The number of nitrogens with one attached hydrogen (secondary N) is 2. The summed E-state index contributed by atoms with van der Waals surface area (Å²) in [5.74, 6) is -1.23. The van der Waals surface area contributed by atoms with Gasteiger partial charge in [0.15, 0.2) is 0 Å². The van der Waals surface area contributed by atoms with Crippen molar-refractivity contribution in [3.05, 3.63) is 61.9 Å². The molecular formula is C33H44ClN3O6. The smallest absolute Gasteiger partial charge is 0.355 e. The van der Waals surface area contributed by atoms with Crippen LogP contribution in [-0.2, 0) is 43.1 Å². The molecule has 0 saturated carbocycles. The number of nitrogens with zero attached hydrogens (tertiary/aromatic N) is 1. The van der Waals surface area contributed by atoms with Crippen molar-refractivity contribution in [2.24, 2.45) is 4.99 Å². The van der Waals surface area contributed by atoms with E-state index in [1.165, 1.54) is 14.2 Å². The summed E-state index contributed by atoms with van der Waals surface area (Å²) in [4.78, 5) is 49.0. The second-order valence-electron chi connectivity index (χ2n) is 11.6. The summed E-state index contributed by atoms with van der Waals surface area (Å²) in [6, 6.07) is 0. The minimum atomic E-state index is -2.70. The quantitative estimate of drug-likeness (QED) is 0.161. The number of aryl methyl sites for hydroxylation is 1. The number of halogens is 1. The van der Waals surface area contributed by atoms with Gasteiger partial charge in [-0.3, -0.25) is 14.6 Å². The predicted molar refractivity (Wildman–Crippen MR) is 169 cm³/mol. The van der Waals surface area contributed by atoms with Crippen molar-refractivity contribution in [2.45, 2.75) is 92.5 Å². The van der Waals surface area contributed by atoms with E-state index in [0.29, 0.717) is 35.0 Å². The highest BCUT2D eigenvalue weighted by Gasteiger charge is 2.28. The van der Waals surface area contributed by atoms with Gasteiger partial charge in [-0.05, 0) is 107 Å². The zero-order valence-electron chi connectivity index (χ0n) is 29.3. The molecule has 0 spiro atoms. The maximum atomic E-state index is 13.3. The molecule has 0 amide bonds. The van der Waals surface area contributed by atoms with Crippen LogP contribution < -0.4 is 0 Å². The largest absolute Gasteiger partial charge is 0.469 e. The molecule has 10 heteroatoms. The SMILES string of the molecule is [2H]C([2H])([2H])c1c(C(=O)OC(C)(C)C)[nH]c(CC2=N/C(=C\c3[nH]c(C)c(CCCl)c3C)C(C)=C2CCC(=O)OC)c1CCC(=O)OC. The minimum Gasteiger partial charge on any atom is -0.469 e. The van der Waals surface area contributed by atoms with Crippen LogP contribution in [0.15, 0.2) is 21.8 Å². The molecule has 2 aromatic rings. The lowest BCUT2D eigenvalue weighted by Crippen LogP contribution is -2.24. The molecule has 0 bridgehead atoms. The Morgan fingerprint density at radius 2 is 1.60 bits per heavy atom. The number of hydrogen-bond donors (Lipinski definition) is 2. The first kappa shape index (κ1) is 29.5. The van der Waals surface area contributed by atoms with E-state index in [-0.39, 0.29) is 42.9 Å². The Bertz CT molecular complexity index is 1590. The van der Waals surface area contributed by atoms with Gasteiger partial charge in [0.05, 0.1) is 25.6 Å². The summed E-state index contributed by atoms with van der Waals surface area (Å²) in [6.07, 6.45) is 3.13. The number of esters is 3. The zero-order valence-corrected chi connectivity index (χ0v) is 27.1. The van der Waals surface area contributed by atoms with Crippen molar-refractivity contribution in [2.75, 3.05) is 20.1 Å². The molecule has 43 heavy (non-hydrogen) atoms. The zero-order chi connectivity index (χ0) is 34.6. The average molecular weight is 617 g/mol. The lowest BCUT2D eigenvalue weighted by atomic mass is 9.95. The lowest BCUT2D eigenvalue weighted by Gasteiger charge is -2.19. The minimum absolute atomic E-state index is 0.00941. The summed E-state index contributed by atoms with van der Waals surface area (Å²) in [7, 11) is 2.58. The van der Waals surface area contributed by atoms with Gasteiger partial charge >= 0.3 is 17.9 Å². The summed E-state index contributed by atoms with van der Waals surface area (Å²) in [5, 5.41) is 0. The molecule has 1 aliphatic heterocycles. The molecule has 3 rings (SSSR count). The number of H-pyrrole nitrogens is 2. The Kier molecular flexibility index (Phi) is 9.77. The van der Waals surface area contributed by atoms with E-state index in [9.17, 15) is 14.4 Å². The van der Waals surface area contributed by atoms with Gasteiger partial charge in [0, 0.05) is 46.3 Å². The van der Waals surface area contributed by atoms with Crippen molar-refractivity contribution in [1.29, 1.82) is 0 Å². The molecule has 0 atom stereocenters. The van der Waals surface area contributed by atoms with Crippen molar-refractivity contribution >= 4 is 41.3 Å². The number of ether oxygens (including phenoxy) is 3. The van der Waals surface area contributed by atoms with Crippen LogP contribution in [0.3, 0.4) is 0 Å². The average Bonchev–Trinajstić information content (AvgIpc) is 3.56. The van der Waals surface area contributed by atoms with Crippen LogP contribution in [0.5, 0.6) is 0 Å². The number of aromatic nitrogens is 2. The van der Waals surface area contributed by atoms with E-state index in [1.807, 2.05) is 26.8 Å². The fourth-order valence-electron chi connectivity index (χ4n) is 5.18. The molecule has 0 radical (unpaired) electrons. The molecule has 0 unspecified atom stereocenters. The molecule has 234 valence electrons. The summed E-state index contributed by atoms with van der Waals surface area (Å²) in [6.45, 7) is 8.32. The van der Waals surface area contributed by atoms with Crippen molar-refractivity contribution in [1.82, 2.24) is 9.97 Å². The van der Waals surface area contributed by atoms with Crippen LogP contribution in [0.25, 0.3) is 6.08 Å². The van der Waals surface area contributed by atoms with E-state index < -0.39 is 24.4 Å². The fourth-order valence-corrected chi connectivity index (χ4v) is 5.37. The third kappa shape index (κ3) is 8.28. The Balaban J connectivity index is 2.20. The Labute approximate surface area is 263 Å². The second kappa shape index (κ2) is 14.3. The third-order valence-corrected chi connectivity index (χ3v) is 7.64. The van der Waals surface area contributed by atoms with Gasteiger partial charge < -0.3 is 24.2 Å².